The minimum atomic E-state index is -0.861. The maximum absolute atomic E-state index is 12.7. The Bertz CT molecular complexity index is 325. The molecular formula is C9H8FIO2. The van der Waals surface area contributed by atoms with E-state index < -0.39 is 5.97 Å². The molecule has 0 bridgehead atoms. The van der Waals surface area contributed by atoms with Crippen LogP contribution in [0.5, 0.6) is 0 Å². The molecule has 0 radical (unpaired) electrons. The molecule has 1 rings (SSSR count). The van der Waals surface area contributed by atoms with E-state index in [9.17, 15) is 9.18 Å². The van der Waals surface area contributed by atoms with E-state index in [-0.39, 0.29) is 12.2 Å². The third-order valence-electron chi connectivity index (χ3n) is 1.62. The van der Waals surface area contributed by atoms with Crippen LogP contribution in [0.3, 0.4) is 0 Å². The number of rotatable bonds is 3. The van der Waals surface area contributed by atoms with Crippen LogP contribution in [0.1, 0.15) is 12.0 Å². The third kappa shape index (κ3) is 3.30. The first-order valence-electron chi connectivity index (χ1n) is 3.75. The topological polar surface area (TPSA) is 37.3 Å². The van der Waals surface area contributed by atoms with E-state index in [1.807, 2.05) is 0 Å². The zero-order valence-electron chi connectivity index (χ0n) is 6.76. The van der Waals surface area contributed by atoms with Gasteiger partial charge >= 0.3 is 5.97 Å². The minimum Gasteiger partial charge on any atom is -0.481 e. The van der Waals surface area contributed by atoms with E-state index in [2.05, 4.69) is 22.6 Å². The molecule has 0 spiro atoms. The fourth-order valence-corrected chi connectivity index (χ4v) is 1.58. The van der Waals surface area contributed by atoms with Crippen LogP contribution >= 0.6 is 22.6 Å². The van der Waals surface area contributed by atoms with Crippen molar-refractivity contribution in [2.24, 2.45) is 0 Å². The van der Waals surface area contributed by atoms with Crippen molar-refractivity contribution >= 4 is 28.6 Å². The highest BCUT2D eigenvalue weighted by atomic mass is 127. The van der Waals surface area contributed by atoms with E-state index in [1.54, 1.807) is 6.07 Å². The van der Waals surface area contributed by atoms with E-state index in [0.717, 1.165) is 9.13 Å². The summed E-state index contributed by atoms with van der Waals surface area (Å²) in [7, 11) is 0. The van der Waals surface area contributed by atoms with Crippen molar-refractivity contribution in [3.63, 3.8) is 0 Å². The molecule has 0 aliphatic carbocycles. The third-order valence-corrected chi connectivity index (χ3v) is 2.67. The van der Waals surface area contributed by atoms with Gasteiger partial charge in [0.25, 0.3) is 0 Å². The number of benzene rings is 1. The second-order valence-corrected chi connectivity index (χ2v) is 3.79. The van der Waals surface area contributed by atoms with Crippen LogP contribution in [-0.2, 0) is 11.2 Å². The highest BCUT2D eigenvalue weighted by Gasteiger charge is 2.04. The number of halogens is 2. The summed E-state index contributed by atoms with van der Waals surface area (Å²) in [4.78, 5) is 10.3. The Kier molecular flexibility index (Phi) is 3.65. The first kappa shape index (κ1) is 10.4. The van der Waals surface area contributed by atoms with Crippen LogP contribution in [0.25, 0.3) is 0 Å². The predicted molar refractivity (Wildman–Crippen MR) is 55.1 cm³/mol. The van der Waals surface area contributed by atoms with Gasteiger partial charge in [0.05, 0.1) is 0 Å². The molecule has 0 amide bonds. The molecule has 1 aromatic rings. The second kappa shape index (κ2) is 4.55. The van der Waals surface area contributed by atoms with E-state index in [1.165, 1.54) is 12.1 Å². The molecule has 1 aromatic carbocycles. The van der Waals surface area contributed by atoms with Crippen molar-refractivity contribution in [2.75, 3.05) is 0 Å². The van der Waals surface area contributed by atoms with Gasteiger partial charge in [0, 0.05) is 9.99 Å². The smallest absolute Gasteiger partial charge is 0.303 e. The zero-order chi connectivity index (χ0) is 9.84. The summed E-state index contributed by atoms with van der Waals surface area (Å²) in [5.74, 6) is -1.18. The number of carboxylic acids is 1. The molecule has 0 saturated heterocycles. The van der Waals surface area contributed by atoms with Crippen LogP contribution in [0.15, 0.2) is 18.2 Å². The number of aryl methyl sites for hydroxylation is 1. The molecule has 4 heteroatoms. The van der Waals surface area contributed by atoms with Crippen LogP contribution in [0.4, 0.5) is 4.39 Å². The summed E-state index contributed by atoms with van der Waals surface area (Å²) in [6, 6.07) is 4.39. The Morgan fingerprint density at radius 2 is 2.23 bits per heavy atom. The van der Waals surface area contributed by atoms with Gasteiger partial charge in [0.1, 0.15) is 5.82 Å². The quantitative estimate of drug-likeness (QED) is 0.869. The average Bonchev–Trinajstić information content (AvgIpc) is 2.06. The molecular weight excluding hydrogens is 286 g/mol. The maximum atomic E-state index is 12.7. The van der Waals surface area contributed by atoms with Crippen LogP contribution in [0.2, 0.25) is 0 Å². The van der Waals surface area contributed by atoms with Crippen molar-refractivity contribution in [3.8, 4) is 0 Å². The van der Waals surface area contributed by atoms with Gasteiger partial charge in [-0.05, 0) is 52.8 Å². The van der Waals surface area contributed by atoms with Gasteiger partial charge in [-0.25, -0.2) is 4.39 Å². The zero-order valence-corrected chi connectivity index (χ0v) is 8.92. The van der Waals surface area contributed by atoms with Crippen molar-refractivity contribution in [2.45, 2.75) is 12.8 Å². The van der Waals surface area contributed by atoms with Crippen molar-refractivity contribution in [1.82, 2.24) is 0 Å². The van der Waals surface area contributed by atoms with Crippen molar-refractivity contribution < 1.29 is 14.3 Å². The Labute approximate surface area is 88.9 Å². The Hall–Kier alpha value is -0.650. The Morgan fingerprint density at radius 1 is 1.54 bits per heavy atom. The lowest BCUT2D eigenvalue weighted by Crippen LogP contribution is -1.99. The molecule has 0 fully saturated rings. The summed E-state index contributed by atoms with van der Waals surface area (Å²) in [6.45, 7) is 0. The summed E-state index contributed by atoms with van der Waals surface area (Å²) < 4.78 is 13.6. The number of aliphatic carboxylic acids is 1. The van der Waals surface area contributed by atoms with Gasteiger partial charge in [-0.2, -0.15) is 0 Å². The SMILES string of the molecule is O=C(O)CCc1cc(F)ccc1I. The minimum absolute atomic E-state index is 0.0411. The summed E-state index contributed by atoms with van der Waals surface area (Å²) in [6.07, 6.45) is 0.421. The lowest BCUT2D eigenvalue weighted by atomic mass is 10.1. The lowest BCUT2D eigenvalue weighted by Gasteiger charge is -2.01. The summed E-state index contributed by atoms with van der Waals surface area (Å²) in [5.41, 5.74) is 0.753. The summed E-state index contributed by atoms with van der Waals surface area (Å²) in [5, 5.41) is 8.44. The highest BCUT2D eigenvalue weighted by Crippen LogP contribution is 2.15. The van der Waals surface area contributed by atoms with E-state index >= 15 is 0 Å². The van der Waals surface area contributed by atoms with Crippen molar-refractivity contribution in [3.05, 3.63) is 33.1 Å². The molecule has 70 valence electrons. The first-order valence-corrected chi connectivity index (χ1v) is 4.83. The molecule has 0 heterocycles. The summed E-state index contributed by atoms with van der Waals surface area (Å²) >= 11 is 2.06. The normalized spacial score (nSPS) is 10.0. The molecule has 0 aromatic heterocycles. The van der Waals surface area contributed by atoms with E-state index in [4.69, 9.17) is 5.11 Å². The molecule has 2 nitrogen and oxygen atoms in total. The molecule has 1 N–H and O–H groups in total. The molecule has 0 aliphatic rings. The fourth-order valence-electron chi connectivity index (χ4n) is 0.976. The Morgan fingerprint density at radius 3 is 2.85 bits per heavy atom. The van der Waals surface area contributed by atoms with Crippen LogP contribution in [-0.4, -0.2) is 11.1 Å². The fraction of sp³-hybridized carbons (Fsp3) is 0.222. The van der Waals surface area contributed by atoms with E-state index in [0.29, 0.717) is 6.42 Å². The largest absolute Gasteiger partial charge is 0.481 e. The first-order chi connectivity index (χ1) is 6.09. The number of hydrogen-bond acceptors (Lipinski definition) is 1. The van der Waals surface area contributed by atoms with Gasteiger partial charge in [0.15, 0.2) is 0 Å². The lowest BCUT2D eigenvalue weighted by molar-refractivity contribution is -0.136. The average molecular weight is 294 g/mol. The molecule has 0 saturated carbocycles. The van der Waals surface area contributed by atoms with Crippen molar-refractivity contribution in [1.29, 1.82) is 0 Å². The van der Waals surface area contributed by atoms with Gasteiger partial charge < -0.3 is 5.11 Å². The molecule has 0 atom stereocenters. The van der Waals surface area contributed by atoms with Gasteiger partial charge in [-0.3, -0.25) is 4.79 Å². The predicted octanol–water partition coefficient (Wildman–Crippen LogP) is 2.45. The maximum Gasteiger partial charge on any atom is 0.303 e. The highest BCUT2D eigenvalue weighted by molar-refractivity contribution is 14.1. The van der Waals surface area contributed by atoms with Gasteiger partial charge in [-0.15, -0.1) is 0 Å². The number of carbonyl (C=O) groups is 1. The number of carboxylic acid groups (broad SMARTS) is 1. The molecule has 0 aliphatic heterocycles. The monoisotopic (exact) mass is 294 g/mol. The van der Waals surface area contributed by atoms with Gasteiger partial charge in [0.2, 0.25) is 0 Å². The molecule has 13 heavy (non-hydrogen) atoms. The molecule has 0 unspecified atom stereocenters. The van der Waals surface area contributed by atoms with Gasteiger partial charge in [-0.1, -0.05) is 0 Å². The van der Waals surface area contributed by atoms with Crippen LogP contribution < -0.4 is 0 Å². The second-order valence-electron chi connectivity index (χ2n) is 2.63. The number of hydrogen-bond donors (Lipinski definition) is 1. The van der Waals surface area contributed by atoms with Crippen LogP contribution in [0, 0.1) is 9.39 Å². The Balaban J connectivity index is 2.75. The standard InChI is InChI=1S/C9H8FIO2/c10-7-2-3-8(11)6(5-7)1-4-9(12)13/h2-3,5H,1,4H2,(H,12,13).